The standard InChI is InChI=1S/C18H24F2N4S.HI/c1-21-18(22-10-9-13-6-5-11-25-13)23-12-16(24(2)3)17-14(19)7-4-8-15(17)20;/h4-8,11,16H,9-10,12H2,1-3H3,(H2,21,22,23);1H. The summed E-state index contributed by atoms with van der Waals surface area (Å²) in [5, 5.41) is 8.42. The highest BCUT2D eigenvalue weighted by Crippen LogP contribution is 2.23. The molecule has 1 heterocycles. The number of benzene rings is 1. The molecule has 0 fully saturated rings. The quantitative estimate of drug-likeness (QED) is 0.351. The van der Waals surface area contributed by atoms with Crippen LogP contribution in [0.1, 0.15) is 16.5 Å². The molecule has 0 aliphatic carbocycles. The van der Waals surface area contributed by atoms with Crippen molar-refractivity contribution in [3.63, 3.8) is 0 Å². The summed E-state index contributed by atoms with van der Waals surface area (Å²) in [7, 11) is 5.27. The van der Waals surface area contributed by atoms with Gasteiger partial charge >= 0.3 is 0 Å². The van der Waals surface area contributed by atoms with Crippen LogP contribution in [0.5, 0.6) is 0 Å². The van der Waals surface area contributed by atoms with Crippen molar-refractivity contribution in [2.24, 2.45) is 4.99 Å². The first kappa shape index (κ1) is 22.8. The maximum Gasteiger partial charge on any atom is 0.191 e. The van der Waals surface area contributed by atoms with Crippen LogP contribution in [0.25, 0.3) is 0 Å². The number of rotatable bonds is 7. The van der Waals surface area contributed by atoms with E-state index in [1.165, 1.54) is 23.1 Å². The lowest BCUT2D eigenvalue weighted by molar-refractivity contribution is 0.282. The Morgan fingerprint density at radius 2 is 1.85 bits per heavy atom. The number of halogens is 3. The van der Waals surface area contributed by atoms with E-state index in [0.29, 0.717) is 12.5 Å². The summed E-state index contributed by atoms with van der Waals surface area (Å²) in [5.41, 5.74) is 0.0639. The third-order valence-electron chi connectivity index (χ3n) is 3.89. The fraction of sp³-hybridized carbons (Fsp3) is 0.389. The molecule has 2 rings (SSSR count). The van der Waals surface area contributed by atoms with E-state index in [-0.39, 0.29) is 29.5 Å². The minimum Gasteiger partial charge on any atom is -0.356 e. The number of thiophene rings is 1. The third kappa shape index (κ3) is 6.48. The molecule has 0 spiro atoms. The lowest BCUT2D eigenvalue weighted by Gasteiger charge is -2.26. The predicted octanol–water partition coefficient (Wildman–Crippen LogP) is 3.65. The monoisotopic (exact) mass is 494 g/mol. The average molecular weight is 494 g/mol. The zero-order valence-electron chi connectivity index (χ0n) is 15.1. The van der Waals surface area contributed by atoms with Crippen molar-refractivity contribution in [1.29, 1.82) is 0 Å². The first-order chi connectivity index (χ1) is 12.0. The second kappa shape index (κ2) is 11.5. The van der Waals surface area contributed by atoms with Crippen LogP contribution in [0.4, 0.5) is 8.78 Å². The van der Waals surface area contributed by atoms with Crippen LogP contribution >= 0.6 is 35.3 Å². The minimum absolute atomic E-state index is 0. The Labute approximate surface area is 174 Å². The van der Waals surface area contributed by atoms with E-state index in [4.69, 9.17) is 0 Å². The molecule has 0 aliphatic rings. The van der Waals surface area contributed by atoms with Crippen LogP contribution in [-0.2, 0) is 6.42 Å². The summed E-state index contributed by atoms with van der Waals surface area (Å²) in [5.74, 6) is -0.470. The van der Waals surface area contributed by atoms with Gasteiger partial charge in [-0.15, -0.1) is 35.3 Å². The van der Waals surface area contributed by atoms with Gasteiger partial charge in [-0.2, -0.15) is 0 Å². The molecule has 0 bridgehead atoms. The van der Waals surface area contributed by atoms with Gasteiger partial charge in [-0.25, -0.2) is 8.78 Å². The van der Waals surface area contributed by atoms with Crippen molar-refractivity contribution >= 4 is 41.3 Å². The van der Waals surface area contributed by atoms with Gasteiger partial charge in [0.15, 0.2) is 5.96 Å². The fourth-order valence-corrected chi connectivity index (χ4v) is 3.25. The molecule has 8 heteroatoms. The van der Waals surface area contributed by atoms with E-state index in [9.17, 15) is 8.78 Å². The second-order valence-corrected chi connectivity index (χ2v) is 6.86. The van der Waals surface area contributed by atoms with E-state index in [2.05, 4.69) is 21.7 Å². The Morgan fingerprint density at radius 1 is 1.15 bits per heavy atom. The maximum absolute atomic E-state index is 14.1. The maximum atomic E-state index is 14.1. The van der Waals surface area contributed by atoms with Gasteiger partial charge in [-0.05, 0) is 44.1 Å². The Bertz CT molecular complexity index is 672. The lowest BCUT2D eigenvalue weighted by atomic mass is 10.0. The summed E-state index contributed by atoms with van der Waals surface area (Å²) in [6, 6.07) is 7.60. The van der Waals surface area contributed by atoms with Crippen molar-refractivity contribution in [2.45, 2.75) is 12.5 Å². The van der Waals surface area contributed by atoms with Gasteiger partial charge in [0.25, 0.3) is 0 Å². The zero-order chi connectivity index (χ0) is 18.2. The number of nitrogens with zero attached hydrogens (tertiary/aromatic N) is 2. The molecule has 2 N–H and O–H groups in total. The Hall–Kier alpha value is -1.26. The topological polar surface area (TPSA) is 39.7 Å². The van der Waals surface area contributed by atoms with Gasteiger partial charge in [-0.3, -0.25) is 4.99 Å². The van der Waals surface area contributed by atoms with E-state index in [1.54, 1.807) is 37.4 Å². The first-order valence-electron chi connectivity index (χ1n) is 8.10. The second-order valence-electron chi connectivity index (χ2n) is 5.82. The Balaban J connectivity index is 0.00000338. The largest absolute Gasteiger partial charge is 0.356 e. The van der Waals surface area contributed by atoms with Crippen LogP contribution < -0.4 is 10.6 Å². The van der Waals surface area contributed by atoms with Gasteiger partial charge in [0, 0.05) is 30.6 Å². The molecule has 0 saturated heterocycles. The van der Waals surface area contributed by atoms with E-state index in [0.717, 1.165) is 13.0 Å². The van der Waals surface area contributed by atoms with Gasteiger partial charge < -0.3 is 15.5 Å². The highest BCUT2D eigenvalue weighted by Gasteiger charge is 2.22. The number of aliphatic imine (C=N–C) groups is 1. The molecule has 0 amide bonds. The first-order valence-corrected chi connectivity index (χ1v) is 8.98. The predicted molar refractivity (Wildman–Crippen MR) is 116 cm³/mol. The smallest absolute Gasteiger partial charge is 0.191 e. The molecule has 144 valence electrons. The van der Waals surface area contributed by atoms with Gasteiger partial charge in [-0.1, -0.05) is 12.1 Å². The van der Waals surface area contributed by atoms with E-state index >= 15 is 0 Å². The van der Waals surface area contributed by atoms with Crippen LogP contribution in [0, 0.1) is 11.6 Å². The molecule has 1 unspecified atom stereocenters. The van der Waals surface area contributed by atoms with Crippen LogP contribution in [0.15, 0.2) is 40.7 Å². The number of guanidine groups is 1. The fourth-order valence-electron chi connectivity index (χ4n) is 2.54. The summed E-state index contributed by atoms with van der Waals surface area (Å²) in [6.45, 7) is 1.07. The molecule has 1 aromatic carbocycles. The number of hydrogen-bond donors (Lipinski definition) is 2. The van der Waals surface area contributed by atoms with Gasteiger partial charge in [0.1, 0.15) is 11.6 Å². The molecule has 4 nitrogen and oxygen atoms in total. The van der Waals surface area contributed by atoms with Crippen molar-refractivity contribution in [3.05, 3.63) is 57.8 Å². The van der Waals surface area contributed by atoms with Crippen molar-refractivity contribution in [3.8, 4) is 0 Å². The number of nitrogens with one attached hydrogen (secondary N) is 2. The van der Waals surface area contributed by atoms with Crippen molar-refractivity contribution in [1.82, 2.24) is 15.5 Å². The molecule has 1 aromatic heterocycles. The van der Waals surface area contributed by atoms with Crippen molar-refractivity contribution in [2.75, 3.05) is 34.2 Å². The Morgan fingerprint density at radius 3 is 2.38 bits per heavy atom. The molecule has 26 heavy (non-hydrogen) atoms. The average Bonchev–Trinajstić information content (AvgIpc) is 3.08. The van der Waals surface area contributed by atoms with Gasteiger partial charge in [0.05, 0.1) is 6.04 Å². The summed E-state index contributed by atoms with van der Waals surface area (Å²) >= 11 is 1.71. The zero-order valence-corrected chi connectivity index (χ0v) is 18.3. The van der Waals surface area contributed by atoms with E-state index in [1.807, 2.05) is 11.4 Å². The number of hydrogen-bond acceptors (Lipinski definition) is 3. The van der Waals surface area contributed by atoms with Crippen LogP contribution in [0.3, 0.4) is 0 Å². The molecular weight excluding hydrogens is 469 g/mol. The SMILES string of the molecule is CN=C(NCCc1cccs1)NCC(c1c(F)cccc1F)N(C)C.I. The minimum atomic E-state index is -0.541. The van der Waals surface area contributed by atoms with Crippen molar-refractivity contribution < 1.29 is 8.78 Å². The highest BCUT2D eigenvalue weighted by atomic mass is 127. The normalized spacial score (nSPS) is 12.6. The number of likely N-dealkylation sites (N-methyl/N-ethyl adjacent to an activating group) is 1. The molecular formula is C18H25F2IN4S. The lowest BCUT2D eigenvalue weighted by Crippen LogP contribution is -2.42. The van der Waals surface area contributed by atoms with Crippen LogP contribution in [0.2, 0.25) is 0 Å². The summed E-state index contributed by atoms with van der Waals surface area (Å²) < 4.78 is 28.2. The third-order valence-corrected chi connectivity index (χ3v) is 4.82. The van der Waals surface area contributed by atoms with E-state index < -0.39 is 17.7 Å². The van der Waals surface area contributed by atoms with Crippen LogP contribution in [-0.4, -0.2) is 45.1 Å². The molecule has 1 atom stereocenters. The summed E-state index contributed by atoms with van der Waals surface area (Å²) in [6.07, 6.45) is 0.900. The highest BCUT2D eigenvalue weighted by molar-refractivity contribution is 14.0. The molecule has 0 saturated carbocycles. The summed E-state index contributed by atoms with van der Waals surface area (Å²) in [4.78, 5) is 7.25. The van der Waals surface area contributed by atoms with Gasteiger partial charge in [0.2, 0.25) is 0 Å². The molecule has 2 aromatic rings. The Kier molecular flexibility index (Phi) is 10.0. The molecule has 0 radical (unpaired) electrons. The molecule has 0 aliphatic heterocycles.